The Balaban J connectivity index is 2.51. The van der Waals surface area contributed by atoms with E-state index in [1.54, 1.807) is 0 Å². The summed E-state index contributed by atoms with van der Waals surface area (Å²) in [5.41, 5.74) is 0.201. The molecule has 0 spiro atoms. The van der Waals surface area contributed by atoms with Gasteiger partial charge in [-0.3, -0.25) is 4.90 Å². The van der Waals surface area contributed by atoms with Crippen molar-refractivity contribution in [1.82, 2.24) is 4.90 Å². The Kier molecular flexibility index (Phi) is 3.59. The van der Waals surface area contributed by atoms with Crippen molar-refractivity contribution in [2.24, 2.45) is 11.8 Å². The Morgan fingerprint density at radius 2 is 1.86 bits per heavy atom. The summed E-state index contributed by atoms with van der Waals surface area (Å²) in [6.07, 6.45) is 1.03. The summed E-state index contributed by atoms with van der Waals surface area (Å²) < 4.78 is 0. The molecule has 1 aliphatic heterocycles. The standard InChI is InChI=1S/C12H25NO/c1-9(2)6-10-7-13(8-11(10)14)12(3,4)5/h9-11,14H,6-8H2,1-5H3/t10-,11+/m0/s1. The van der Waals surface area contributed by atoms with Crippen LogP contribution in [0.4, 0.5) is 0 Å². The van der Waals surface area contributed by atoms with Crippen molar-refractivity contribution in [3.8, 4) is 0 Å². The largest absolute Gasteiger partial charge is 0.391 e. The molecule has 14 heavy (non-hydrogen) atoms. The van der Waals surface area contributed by atoms with Gasteiger partial charge in [0, 0.05) is 18.6 Å². The maximum atomic E-state index is 9.93. The Morgan fingerprint density at radius 3 is 2.21 bits per heavy atom. The second-order valence-electron chi connectivity index (χ2n) is 6.03. The second kappa shape index (κ2) is 4.19. The molecular formula is C12H25NO. The van der Waals surface area contributed by atoms with Gasteiger partial charge >= 0.3 is 0 Å². The zero-order valence-electron chi connectivity index (χ0n) is 10.2. The third kappa shape index (κ3) is 2.96. The molecule has 1 heterocycles. The molecule has 2 nitrogen and oxygen atoms in total. The molecule has 1 aliphatic rings. The molecule has 0 aromatic rings. The minimum absolute atomic E-state index is 0.114. The molecule has 0 saturated carbocycles. The van der Waals surface area contributed by atoms with E-state index >= 15 is 0 Å². The van der Waals surface area contributed by atoms with Gasteiger partial charge in [-0.25, -0.2) is 0 Å². The molecule has 1 saturated heterocycles. The number of hydrogen-bond donors (Lipinski definition) is 1. The zero-order chi connectivity index (χ0) is 10.9. The summed E-state index contributed by atoms with van der Waals surface area (Å²) in [6, 6.07) is 0. The van der Waals surface area contributed by atoms with Crippen LogP contribution in [0.2, 0.25) is 0 Å². The van der Waals surface area contributed by atoms with Gasteiger partial charge in [-0.1, -0.05) is 13.8 Å². The molecule has 2 atom stereocenters. The number of hydrogen-bond acceptors (Lipinski definition) is 2. The Morgan fingerprint density at radius 1 is 1.29 bits per heavy atom. The van der Waals surface area contributed by atoms with Crippen LogP contribution in [0, 0.1) is 11.8 Å². The van der Waals surface area contributed by atoms with Crippen molar-refractivity contribution in [3.63, 3.8) is 0 Å². The minimum Gasteiger partial charge on any atom is -0.391 e. The van der Waals surface area contributed by atoms with Gasteiger partial charge < -0.3 is 5.11 Å². The highest BCUT2D eigenvalue weighted by atomic mass is 16.3. The van der Waals surface area contributed by atoms with Crippen LogP contribution in [0.15, 0.2) is 0 Å². The summed E-state index contributed by atoms with van der Waals surface area (Å²) >= 11 is 0. The van der Waals surface area contributed by atoms with E-state index in [2.05, 4.69) is 39.5 Å². The number of aliphatic hydroxyl groups is 1. The van der Waals surface area contributed by atoms with Gasteiger partial charge in [0.15, 0.2) is 0 Å². The van der Waals surface area contributed by atoms with Crippen LogP contribution in [-0.2, 0) is 0 Å². The number of rotatable bonds is 2. The molecule has 0 amide bonds. The molecule has 1 fully saturated rings. The van der Waals surface area contributed by atoms with Crippen LogP contribution in [0.25, 0.3) is 0 Å². The van der Waals surface area contributed by atoms with Gasteiger partial charge in [0.05, 0.1) is 6.10 Å². The molecule has 0 aliphatic carbocycles. The van der Waals surface area contributed by atoms with E-state index in [4.69, 9.17) is 0 Å². The number of β-amino-alcohol motifs (C(OH)–C–C–N with tert-alkyl or cyclic N) is 1. The van der Waals surface area contributed by atoms with E-state index in [0.717, 1.165) is 19.5 Å². The van der Waals surface area contributed by atoms with Gasteiger partial charge in [0.25, 0.3) is 0 Å². The Labute approximate surface area is 88.3 Å². The van der Waals surface area contributed by atoms with Gasteiger partial charge in [-0.2, -0.15) is 0 Å². The van der Waals surface area contributed by atoms with Crippen molar-refractivity contribution in [2.45, 2.75) is 52.7 Å². The minimum atomic E-state index is -0.114. The maximum Gasteiger partial charge on any atom is 0.0707 e. The average Bonchev–Trinajstić information content (AvgIpc) is 2.30. The van der Waals surface area contributed by atoms with E-state index in [1.165, 1.54) is 0 Å². The molecule has 0 radical (unpaired) electrons. The van der Waals surface area contributed by atoms with Crippen molar-refractivity contribution >= 4 is 0 Å². The summed E-state index contributed by atoms with van der Waals surface area (Å²) in [4.78, 5) is 2.39. The van der Waals surface area contributed by atoms with E-state index < -0.39 is 0 Å². The van der Waals surface area contributed by atoms with Gasteiger partial charge in [0.1, 0.15) is 0 Å². The summed E-state index contributed by atoms with van der Waals surface area (Å²) in [6.45, 7) is 13.0. The first-order chi connectivity index (χ1) is 6.30. The molecule has 1 N–H and O–H groups in total. The van der Waals surface area contributed by atoms with Crippen LogP contribution >= 0.6 is 0 Å². The highest BCUT2D eigenvalue weighted by Gasteiger charge is 2.36. The fourth-order valence-corrected chi connectivity index (χ4v) is 2.24. The lowest BCUT2D eigenvalue weighted by Gasteiger charge is -2.31. The monoisotopic (exact) mass is 199 g/mol. The van der Waals surface area contributed by atoms with E-state index in [0.29, 0.717) is 11.8 Å². The van der Waals surface area contributed by atoms with Crippen LogP contribution in [0.5, 0.6) is 0 Å². The lowest BCUT2D eigenvalue weighted by atomic mass is 9.94. The molecule has 0 aromatic carbocycles. The van der Waals surface area contributed by atoms with E-state index in [-0.39, 0.29) is 11.6 Å². The number of aliphatic hydroxyl groups excluding tert-OH is 1. The summed E-state index contributed by atoms with van der Waals surface area (Å²) in [7, 11) is 0. The third-order valence-corrected chi connectivity index (χ3v) is 3.13. The lowest BCUT2D eigenvalue weighted by molar-refractivity contribution is 0.117. The maximum absolute atomic E-state index is 9.93. The van der Waals surface area contributed by atoms with Crippen molar-refractivity contribution < 1.29 is 5.11 Å². The van der Waals surface area contributed by atoms with Gasteiger partial charge in [-0.05, 0) is 39.0 Å². The van der Waals surface area contributed by atoms with E-state index in [9.17, 15) is 5.11 Å². The molecule has 0 aromatic heterocycles. The summed E-state index contributed by atoms with van der Waals surface area (Å²) in [5.74, 6) is 1.17. The van der Waals surface area contributed by atoms with Crippen LogP contribution in [0.3, 0.4) is 0 Å². The first kappa shape index (κ1) is 12.0. The van der Waals surface area contributed by atoms with E-state index in [1.807, 2.05) is 0 Å². The third-order valence-electron chi connectivity index (χ3n) is 3.13. The van der Waals surface area contributed by atoms with Gasteiger partial charge in [0.2, 0.25) is 0 Å². The van der Waals surface area contributed by atoms with Crippen LogP contribution in [0.1, 0.15) is 41.0 Å². The van der Waals surface area contributed by atoms with Crippen molar-refractivity contribution in [2.75, 3.05) is 13.1 Å². The van der Waals surface area contributed by atoms with Crippen LogP contribution in [-0.4, -0.2) is 34.7 Å². The van der Waals surface area contributed by atoms with Crippen molar-refractivity contribution in [1.29, 1.82) is 0 Å². The predicted molar refractivity (Wildman–Crippen MR) is 60.3 cm³/mol. The quantitative estimate of drug-likeness (QED) is 0.736. The normalized spacial score (nSPS) is 30.2. The van der Waals surface area contributed by atoms with Gasteiger partial charge in [-0.15, -0.1) is 0 Å². The molecule has 0 unspecified atom stereocenters. The first-order valence-electron chi connectivity index (χ1n) is 5.74. The molecule has 1 rings (SSSR count). The fraction of sp³-hybridized carbons (Fsp3) is 1.00. The molecular weight excluding hydrogens is 174 g/mol. The van der Waals surface area contributed by atoms with Crippen LogP contribution < -0.4 is 0 Å². The van der Waals surface area contributed by atoms with Crippen molar-refractivity contribution in [3.05, 3.63) is 0 Å². The Bertz CT molecular complexity index is 183. The molecule has 2 heteroatoms. The lowest BCUT2D eigenvalue weighted by Crippen LogP contribution is -2.40. The number of likely N-dealkylation sites (tertiary alicyclic amines) is 1. The SMILES string of the molecule is CC(C)C[C@H]1CN(C(C)(C)C)C[C@H]1O. The number of nitrogens with zero attached hydrogens (tertiary/aromatic N) is 1. The molecule has 0 bridgehead atoms. The highest BCUT2D eigenvalue weighted by Crippen LogP contribution is 2.28. The molecule has 84 valence electrons. The first-order valence-corrected chi connectivity index (χ1v) is 5.74. The Hall–Kier alpha value is -0.0800. The highest BCUT2D eigenvalue weighted by molar-refractivity contribution is 4.90. The second-order valence-corrected chi connectivity index (χ2v) is 6.03. The zero-order valence-corrected chi connectivity index (χ0v) is 10.2. The smallest absolute Gasteiger partial charge is 0.0707 e. The fourth-order valence-electron chi connectivity index (χ4n) is 2.24. The topological polar surface area (TPSA) is 23.5 Å². The predicted octanol–water partition coefficient (Wildman–Crippen LogP) is 2.12. The summed E-state index contributed by atoms with van der Waals surface area (Å²) in [5, 5.41) is 9.93. The average molecular weight is 199 g/mol.